The highest BCUT2D eigenvalue weighted by atomic mass is 32.1. The number of hydrogen-bond acceptors (Lipinski definition) is 4. The van der Waals surface area contributed by atoms with Crippen LogP contribution in [0.1, 0.15) is 41.8 Å². The highest BCUT2D eigenvalue weighted by Crippen LogP contribution is 2.32. The van der Waals surface area contributed by atoms with Gasteiger partial charge < -0.3 is 4.74 Å². The number of hydrogen-bond donors (Lipinski definition) is 0. The van der Waals surface area contributed by atoms with Gasteiger partial charge in [0.2, 0.25) is 0 Å². The Hall–Kier alpha value is -1.17. The second-order valence-corrected chi connectivity index (χ2v) is 7.85. The molecule has 2 aromatic heterocycles. The molecule has 0 radical (unpaired) electrons. The van der Waals surface area contributed by atoms with E-state index in [1.165, 1.54) is 29.0 Å². The Kier molecular flexibility index (Phi) is 4.51. The van der Waals surface area contributed by atoms with E-state index in [9.17, 15) is 0 Å². The summed E-state index contributed by atoms with van der Waals surface area (Å²) in [6, 6.07) is 4.37. The minimum absolute atomic E-state index is 0.408. The molecule has 1 fully saturated rings. The fourth-order valence-corrected chi connectivity index (χ4v) is 4.09. The zero-order chi connectivity index (χ0) is 15.6. The van der Waals surface area contributed by atoms with Crippen molar-refractivity contribution >= 4 is 11.3 Å². The molecule has 1 atom stereocenters. The van der Waals surface area contributed by atoms with Crippen molar-refractivity contribution in [3.63, 3.8) is 0 Å². The van der Waals surface area contributed by atoms with Crippen molar-refractivity contribution in [3.05, 3.63) is 39.8 Å². The van der Waals surface area contributed by atoms with Crippen LogP contribution in [0.25, 0.3) is 0 Å². The van der Waals surface area contributed by atoms with Gasteiger partial charge in [-0.25, -0.2) is 0 Å². The number of nitrogens with zero attached hydrogens (tertiary/aromatic N) is 3. The Labute approximate surface area is 142 Å². The molecule has 0 N–H and O–H groups in total. The molecule has 0 aromatic carbocycles. The van der Waals surface area contributed by atoms with Gasteiger partial charge in [-0.1, -0.05) is 6.07 Å². The molecular weight excluding hydrogens is 306 g/mol. The molecule has 0 spiro atoms. The topological polar surface area (TPSA) is 30.3 Å². The number of ether oxygens (including phenoxy) is 1. The summed E-state index contributed by atoms with van der Waals surface area (Å²) in [5.41, 5.74) is 2.65. The Morgan fingerprint density at radius 2 is 2.26 bits per heavy atom. The van der Waals surface area contributed by atoms with Crippen molar-refractivity contribution in [2.75, 3.05) is 19.8 Å². The van der Waals surface area contributed by atoms with Crippen LogP contribution in [0.3, 0.4) is 0 Å². The normalized spacial score (nSPS) is 21.5. The molecule has 0 bridgehead atoms. The highest BCUT2D eigenvalue weighted by Gasteiger charge is 2.29. The number of fused-ring (bicyclic) bond motifs is 1. The molecule has 4 rings (SSSR count). The zero-order valence-electron chi connectivity index (χ0n) is 13.8. The second-order valence-electron chi connectivity index (χ2n) is 6.82. The molecule has 0 unspecified atom stereocenters. The molecule has 124 valence electrons. The lowest BCUT2D eigenvalue weighted by Gasteiger charge is -2.31. The van der Waals surface area contributed by atoms with E-state index in [4.69, 9.17) is 9.84 Å². The Morgan fingerprint density at radius 1 is 1.35 bits per heavy atom. The van der Waals surface area contributed by atoms with Gasteiger partial charge in [-0.05, 0) is 37.1 Å². The monoisotopic (exact) mass is 331 g/mol. The Bertz CT molecular complexity index is 633. The average molecular weight is 331 g/mol. The lowest BCUT2D eigenvalue weighted by Crippen LogP contribution is -2.34. The molecule has 2 aliphatic rings. The van der Waals surface area contributed by atoms with E-state index in [-0.39, 0.29) is 0 Å². The summed E-state index contributed by atoms with van der Waals surface area (Å²) in [5.74, 6) is 1.23. The summed E-state index contributed by atoms with van der Waals surface area (Å²) in [6.45, 7) is 7.93. The van der Waals surface area contributed by atoms with Crippen LogP contribution in [-0.2, 0) is 24.4 Å². The van der Waals surface area contributed by atoms with Crippen LogP contribution >= 0.6 is 11.3 Å². The van der Waals surface area contributed by atoms with Crippen molar-refractivity contribution < 1.29 is 4.74 Å². The number of aromatic nitrogens is 2. The van der Waals surface area contributed by atoms with Gasteiger partial charge in [0.15, 0.2) is 0 Å². The third kappa shape index (κ3) is 3.67. The van der Waals surface area contributed by atoms with Crippen molar-refractivity contribution in [2.24, 2.45) is 5.92 Å². The predicted molar refractivity (Wildman–Crippen MR) is 92.6 cm³/mol. The standard InChI is InChI=1S/C18H25N3OS/c1-2-21-10-15-8-20(11-17-4-3-7-23-17)9-16(18(15)19-21)13-22-12-14-5-6-14/h3-4,7,10,14,16H,2,5-6,8-9,11-13H2,1H3/t16-/m0/s1. The van der Waals surface area contributed by atoms with Gasteiger partial charge in [0, 0.05) is 55.3 Å². The van der Waals surface area contributed by atoms with E-state index in [0.29, 0.717) is 5.92 Å². The molecule has 0 amide bonds. The van der Waals surface area contributed by atoms with Crippen LogP contribution in [0.2, 0.25) is 0 Å². The Balaban J connectivity index is 1.46. The third-order valence-corrected chi connectivity index (χ3v) is 5.64. The van der Waals surface area contributed by atoms with Crippen LogP contribution in [0, 0.1) is 5.92 Å². The maximum Gasteiger partial charge on any atom is 0.0736 e. The average Bonchev–Trinajstić information content (AvgIpc) is 3.06. The smallest absolute Gasteiger partial charge is 0.0736 e. The van der Waals surface area contributed by atoms with Gasteiger partial charge >= 0.3 is 0 Å². The van der Waals surface area contributed by atoms with E-state index >= 15 is 0 Å². The molecular formula is C18H25N3OS. The van der Waals surface area contributed by atoms with E-state index in [1.807, 2.05) is 11.3 Å². The van der Waals surface area contributed by atoms with Gasteiger partial charge in [-0.3, -0.25) is 9.58 Å². The lowest BCUT2D eigenvalue weighted by atomic mass is 9.97. The second kappa shape index (κ2) is 6.75. The molecule has 5 heteroatoms. The van der Waals surface area contributed by atoms with E-state index in [1.54, 1.807) is 0 Å². The number of rotatable bonds is 7. The van der Waals surface area contributed by atoms with Gasteiger partial charge in [0.25, 0.3) is 0 Å². The van der Waals surface area contributed by atoms with E-state index in [2.05, 4.69) is 40.2 Å². The highest BCUT2D eigenvalue weighted by molar-refractivity contribution is 7.09. The van der Waals surface area contributed by atoms with Crippen LogP contribution in [-0.4, -0.2) is 34.4 Å². The first-order valence-corrected chi connectivity index (χ1v) is 9.58. The van der Waals surface area contributed by atoms with Crippen molar-refractivity contribution in [2.45, 2.75) is 45.3 Å². The summed E-state index contributed by atoms with van der Waals surface area (Å²) in [5, 5.41) is 6.97. The summed E-state index contributed by atoms with van der Waals surface area (Å²) in [4.78, 5) is 3.98. The minimum Gasteiger partial charge on any atom is -0.380 e. The van der Waals surface area contributed by atoms with Gasteiger partial charge in [-0.2, -0.15) is 5.10 Å². The quantitative estimate of drug-likeness (QED) is 0.778. The predicted octanol–water partition coefficient (Wildman–Crippen LogP) is 3.49. The van der Waals surface area contributed by atoms with Crippen LogP contribution < -0.4 is 0 Å². The molecule has 1 aliphatic carbocycles. The van der Waals surface area contributed by atoms with Crippen LogP contribution in [0.4, 0.5) is 0 Å². The minimum atomic E-state index is 0.408. The zero-order valence-corrected chi connectivity index (χ0v) is 14.6. The molecule has 3 heterocycles. The maximum atomic E-state index is 6.01. The van der Waals surface area contributed by atoms with E-state index < -0.39 is 0 Å². The SMILES string of the molecule is CCn1cc2c(n1)[C@H](COCC1CC1)CN(Cc1cccs1)C2. The molecule has 1 saturated carbocycles. The van der Waals surface area contributed by atoms with Crippen molar-refractivity contribution in [1.82, 2.24) is 14.7 Å². The van der Waals surface area contributed by atoms with E-state index in [0.717, 1.165) is 45.3 Å². The van der Waals surface area contributed by atoms with Gasteiger partial charge in [0.05, 0.1) is 12.3 Å². The first-order chi connectivity index (χ1) is 11.3. The van der Waals surface area contributed by atoms with Crippen LogP contribution in [0.15, 0.2) is 23.7 Å². The van der Waals surface area contributed by atoms with Crippen molar-refractivity contribution in [3.8, 4) is 0 Å². The fraction of sp³-hybridized carbons (Fsp3) is 0.611. The molecule has 2 aromatic rings. The number of aryl methyl sites for hydroxylation is 1. The van der Waals surface area contributed by atoms with Crippen molar-refractivity contribution in [1.29, 1.82) is 0 Å². The molecule has 1 aliphatic heterocycles. The maximum absolute atomic E-state index is 6.01. The summed E-state index contributed by atoms with van der Waals surface area (Å²) in [6.07, 6.45) is 4.93. The largest absolute Gasteiger partial charge is 0.380 e. The summed E-state index contributed by atoms with van der Waals surface area (Å²) in [7, 11) is 0. The first kappa shape index (κ1) is 15.4. The summed E-state index contributed by atoms with van der Waals surface area (Å²) < 4.78 is 8.08. The van der Waals surface area contributed by atoms with Gasteiger partial charge in [0.1, 0.15) is 0 Å². The molecule has 0 saturated heterocycles. The molecule has 4 nitrogen and oxygen atoms in total. The first-order valence-electron chi connectivity index (χ1n) is 8.70. The van der Waals surface area contributed by atoms with Crippen LogP contribution in [0.5, 0.6) is 0 Å². The van der Waals surface area contributed by atoms with Gasteiger partial charge in [-0.15, -0.1) is 11.3 Å². The lowest BCUT2D eigenvalue weighted by molar-refractivity contribution is 0.0883. The Morgan fingerprint density at radius 3 is 3.00 bits per heavy atom. The number of thiophene rings is 1. The third-order valence-electron chi connectivity index (χ3n) is 4.78. The summed E-state index contributed by atoms with van der Waals surface area (Å²) >= 11 is 1.85. The fourth-order valence-electron chi connectivity index (χ4n) is 3.35. The molecule has 23 heavy (non-hydrogen) atoms.